The van der Waals surface area contributed by atoms with Gasteiger partial charge in [-0.3, -0.25) is 9.36 Å². The van der Waals surface area contributed by atoms with Crippen LogP contribution in [0.25, 0.3) is 5.69 Å². The van der Waals surface area contributed by atoms with E-state index in [0.29, 0.717) is 28.3 Å². The first-order valence-electron chi connectivity index (χ1n) is 11.2. The Kier molecular flexibility index (Phi) is 6.86. The molecule has 1 aliphatic rings. The van der Waals surface area contributed by atoms with Gasteiger partial charge in [-0.05, 0) is 67.6 Å². The van der Waals surface area contributed by atoms with Gasteiger partial charge in [0.15, 0.2) is 0 Å². The Balaban J connectivity index is 1.51. The molecule has 35 heavy (non-hydrogen) atoms. The Morgan fingerprint density at radius 3 is 2.54 bits per heavy atom. The third-order valence-electron chi connectivity index (χ3n) is 5.80. The molecule has 4 rings (SSSR count). The highest BCUT2D eigenvalue weighted by Crippen LogP contribution is 2.21. The van der Waals surface area contributed by atoms with Crippen molar-refractivity contribution in [2.24, 2.45) is 0 Å². The number of hydrogen-bond donors (Lipinski definition) is 3. The Labute approximate surface area is 201 Å². The molecule has 2 amide bonds. The minimum absolute atomic E-state index is 0.0674. The van der Waals surface area contributed by atoms with Crippen LogP contribution >= 0.6 is 0 Å². The first-order valence-corrected chi connectivity index (χ1v) is 11.2. The van der Waals surface area contributed by atoms with Crippen LogP contribution in [0.15, 0.2) is 53.3 Å². The fraction of sp³-hybridized carbons (Fsp3) is 0.269. The molecule has 0 radical (unpaired) electrons. The molecule has 2 aromatic carbocycles. The lowest BCUT2D eigenvalue weighted by atomic mass is 10.1. The molecule has 1 saturated carbocycles. The van der Waals surface area contributed by atoms with E-state index >= 15 is 0 Å². The highest BCUT2D eigenvalue weighted by Gasteiger charge is 2.23. The second-order valence-electron chi connectivity index (χ2n) is 8.62. The van der Waals surface area contributed by atoms with Gasteiger partial charge in [0.25, 0.3) is 5.56 Å². The molecule has 3 aromatic rings. The standard InChI is InChI=1S/C26H26FN3O5/c1-15-3-4-17(25(32)33)11-23(15)30-16(2)9-22(12-24(30)31)35-14-18-5-6-20(27)10-19(18)13-28-26(34)29-21-7-8-21/h3-6,9-12,21H,7-8,13-14H2,1-2H3,(H,32,33)(H2,28,29,34). The number of halogens is 1. The number of carbonyl (C=O) groups is 2. The molecule has 0 aliphatic heterocycles. The van der Waals surface area contributed by atoms with E-state index < -0.39 is 11.8 Å². The van der Waals surface area contributed by atoms with Gasteiger partial charge in [-0.2, -0.15) is 0 Å². The van der Waals surface area contributed by atoms with E-state index in [4.69, 9.17) is 4.74 Å². The summed E-state index contributed by atoms with van der Waals surface area (Å²) in [5.41, 5.74) is 2.75. The van der Waals surface area contributed by atoms with E-state index in [1.165, 1.54) is 34.9 Å². The number of aromatic carboxylic acids is 1. The second-order valence-corrected chi connectivity index (χ2v) is 8.62. The van der Waals surface area contributed by atoms with Gasteiger partial charge in [0, 0.05) is 30.4 Å². The normalized spacial score (nSPS) is 12.8. The third kappa shape index (κ3) is 5.87. The fourth-order valence-corrected chi connectivity index (χ4v) is 3.75. The van der Waals surface area contributed by atoms with Gasteiger partial charge in [-0.25, -0.2) is 14.0 Å². The number of ether oxygens (including phenoxy) is 1. The summed E-state index contributed by atoms with van der Waals surface area (Å²) in [5, 5.41) is 14.8. The fourth-order valence-electron chi connectivity index (χ4n) is 3.75. The zero-order chi connectivity index (χ0) is 25.1. The van der Waals surface area contributed by atoms with Gasteiger partial charge in [0.05, 0.1) is 11.3 Å². The molecule has 1 heterocycles. The lowest BCUT2D eigenvalue weighted by Gasteiger charge is -2.16. The average Bonchev–Trinajstić information content (AvgIpc) is 3.61. The van der Waals surface area contributed by atoms with Crippen LogP contribution in [0.5, 0.6) is 5.75 Å². The predicted molar refractivity (Wildman–Crippen MR) is 128 cm³/mol. The van der Waals surface area contributed by atoms with Crippen molar-refractivity contribution in [3.63, 3.8) is 0 Å². The number of benzene rings is 2. The number of pyridine rings is 1. The Morgan fingerprint density at radius 1 is 1.09 bits per heavy atom. The van der Waals surface area contributed by atoms with Crippen LogP contribution in [0.4, 0.5) is 9.18 Å². The molecule has 0 bridgehead atoms. The van der Waals surface area contributed by atoms with Crippen LogP contribution in [-0.4, -0.2) is 27.7 Å². The molecule has 8 nitrogen and oxygen atoms in total. The Morgan fingerprint density at radius 2 is 1.86 bits per heavy atom. The predicted octanol–water partition coefficient (Wildman–Crippen LogP) is 3.83. The summed E-state index contributed by atoms with van der Waals surface area (Å²) in [4.78, 5) is 36.2. The highest BCUT2D eigenvalue weighted by atomic mass is 19.1. The van der Waals surface area contributed by atoms with Crippen LogP contribution in [-0.2, 0) is 13.2 Å². The van der Waals surface area contributed by atoms with Gasteiger partial charge < -0.3 is 20.5 Å². The van der Waals surface area contributed by atoms with Crippen molar-refractivity contribution in [3.8, 4) is 11.4 Å². The van der Waals surface area contributed by atoms with Crippen molar-refractivity contribution in [2.45, 2.75) is 45.9 Å². The molecule has 0 atom stereocenters. The quantitative estimate of drug-likeness (QED) is 0.455. The minimum atomic E-state index is -1.08. The molecule has 0 saturated heterocycles. The van der Waals surface area contributed by atoms with Crippen molar-refractivity contribution in [3.05, 3.63) is 92.6 Å². The third-order valence-corrected chi connectivity index (χ3v) is 5.80. The maximum Gasteiger partial charge on any atom is 0.335 e. The van der Waals surface area contributed by atoms with Gasteiger partial charge in [-0.15, -0.1) is 0 Å². The molecule has 3 N–H and O–H groups in total. The summed E-state index contributed by atoms with van der Waals surface area (Å²) in [7, 11) is 0. The second kappa shape index (κ2) is 10.0. The van der Waals surface area contributed by atoms with Crippen molar-refractivity contribution in [2.75, 3.05) is 0 Å². The topological polar surface area (TPSA) is 110 Å². The van der Waals surface area contributed by atoms with Crippen molar-refractivity contribution in [1.29, 1.82) is 0 Å². The van der Waals surface area contributed by atoms with Crippen molar-refractivity contribution < 1.29 is 23.8 Å². The van der Waals surface area contributed by atoms with Crippen LogP contribution in [0.2, 0.25) is 0 Å². The van der Waals surface area contributed by atoms with Crippen LogP contribution in [0.3, 0.4) is 0 Å². The summed E-state index contributed by atoms with van der Waals surface area (Å²) < 4.78 is 21.1. The molecule has 1 aromatic heterocycles. The number of carboxylic acid groups (broad SMARTS) is 1. The van der Waals surface area contributed by atoms with E-state index in [1.54, 1.807) is 32.0 Å². The minimum Gasteiger partial charge on any atom is -0.489 e. The van der Waals surface area contributed by atoms with Crippen LogP contribution < -0.4 is 20.9 Å². The molecule has 0 unspecified atom stereocenters. The number of aromatic nitrogens is 1. The number of rotatable bonds is 8. The maximum absolute atomic E-state index is 13.8. The number of hydrogen-bond acceptors (Lipinski definition) is 4. The molecule has 1 aliphatic carbocycles. The lowest BCUT2D eigenvalue weighted by Crippen LogP contribution is -2.36. The summed E-state index contributed by atoms with van der Waals surface area (Å²) in [6.45, 7) is 3.73. The Bertz CT molecular complexity index is 1350. The van der Waals surface area contributed by atoms with Gasteiger partial charge in [-0.1, -0.05) is 12.1 Å². The lowest BCUT2D eigenvalue weighted by molar-refractivity contribution is 0.0696. The van der Waals surface area contributed by atoms with Gasteiger partial charge >= 0.3 is 12.0 Å². The van der Waals surface area contributed by atoms with Crippen molar-refractivity contribution >= 4 is 12.0 Å². The zero-order valence-corrected chi connectivity index (χ0v) is 19.4. The van der Waals surface area contributed by atoms with E-state index in [9.17, 15) is 23.9 Å². The molecule has 182 valence electrons. The largest absolute Gasteiger partial charge is 0.489 e. The number of nitrogens with zero attached hydrogens (tertiary/aromatic N) is 1. The summed E-state index contributed by atoms with van der Waals surface area (Å²) in [6.07, 6.45) is 1.93. The maximum atomic E-state index is 13.8. The smallest absolute Gasteiger partial charge is 0.335 e. The van der Waals surface area contributed by atoms with Crippen LogP contribution in [0.1, 0.15) is 45.6 Å². The number of carboxylic acids is 1. The monoisotopic (exact) mass is 479 g/mol. The zero-order valence-electron chi connectivity index (χ0n) is 19.4. The first kappa shape index (κ1) is 24.0. The number of aryl methyl sites for hydroxylation is 2. The van der Waals surface area contributed by atoms with Crippen molar-refractivity contribution in [1.82, 2.24) is 15.2 Å². The number of carbonyl (C=O) groups excluding carboxylic acids is 1. The number of nitrogens with one attached hydrogen (secondary N) is 2. The van der Waals surface area contributed by atoms with E-state index in [0.717, 1.165) is 18.4 Å². The SMILES string of the molecule is Cc1ccc(C(=O)O)cc1-n1c(C)cc(OCc2ccc(F)cc2CNC(=O)NC2CC2)cc1=O. The molecular weight excluding hydrogens is 453 g/mol. The first-order chi connectivity index (χ1) is 16.7. The average molecular weight is 480 g/mol. The van der Waals surface area contributed by atoms with Gasteiger partial charge in [0.1, 0.15) is 18.2 Å². The number of urea groups is 1. The summed E-state index contributed by atoms with van der Waals surface area (Å²) >= 11 is 0. The van der Waals surface area contributed by atoms with E-state index in [2.05, 4.69) is 10.6 Å². The Hall–Kier alpha value is -4.14. The van der Waals surface area contributed by atoms with Gasteiger partial charge in [0.2, 0.25) is 0 Å². The molecule has 0 spiro atoms. The summed E-state index contributed by atoms with van der Waals surface area (Å²) in [6, 6.07) is 11.8. The summed E-state index contributed by atoms with van der Waals surface area (Å²) in [5.74, 6) is -1.18. The number of amides is 2. The molecule has 1 fully saturated rings. The van der Waals surface area contributed by atoms with E-state index in [1.807, 2.05) is 0 Å². The van der Waals surface area contributed by atoms with Crippen LogP contribution in [0, 0.1) is 19.7 Å². The van der Waals surface area contributed by atoms with E-state index in [-0.39, 0.29) is 36.3 Å². The molecular formula is C26H26FN3O5. The molecule has 9 heteroatoms. The highest BCUT2D eigenvalue weighted by molar-refractivity contribution is 5.88.